The molecule has 1 aromatic heterocycles. The number of benzene rings is 1. The zero-order valence-corrected chi connectivity index (χ0v) is 14.7. The minimum atomic E-state index is 0.0314. The Labute approximate surface area is 146 Å². The van der Waals surface area contributed by atoms with Gasteiger partial charge in [0.15, 0.2) is 11.5 Å². The maximum atomic E-state index is 12.4. The van der Waals surface area contributed by atoms with Crippen LogP contribution in [0.15, 0.2) is 23.0 Å². The highest BCUT2D eigenvalue weighted by molar-refractivity contribution is 5.43. The Kier molecular flexibility index (Phi) is 4.21. The molecule has 0 spiro atoms. The van der Waals surface area contributed by atoms with Crippen LogP contribution in [0.4, 0.5) is 0 Å². The molecule has 6 nitrogen and oxygen atoms in total. The molecule has 2 aromatic rings. The smallest absolute Gasteiger partial charge is 0.255 e. The molecular formula is C19H23N3O3. The number of hydrogen-bond acceptors (Lipinski definition) is 5. The van der Waals surface area contributed by atoms with Crippen molar-refractivity contribution in [2.45, 2.75) is 38.3 Å². The van der Waals surface area contributed by atoms with Crippen LogP contribution in [-0.2, 0) is 19.5 Å². The summed E-state index contributed by atoms with van der Waals surface area (Å²) in [5, 5.41) is 0. The Bertz CT molecular complexity index is 842. The van der Waals surface area contributed by atoms with Crippen molar-refractivity contribution in [2.24, 2.45) is 0 Å². The molecule has 6 heteroatoms. The Morgan fingerprint density at radius 1 is 1.24 bits per heavy atom. The van der Waals surface area contributed by atoms with E-state index in [4.69, 9.17) is 14.5 Å². The van der Waals surface area contributed by atoms with E-state index in [-0.39, 0.29) is 5.56 Å². The van der Waals surface area contributed by atoms with Gasteiger partial charge < -0.3 is 14.5 Å². The Hall–Kier alpha value is -2.34. The van der Waals surface area contributed by atoms with Crippen molar-refractivity contribution in [1.29, 1.82) is 0 Å². The third kappa shape index (κ3) is 3.26. The van der Waals surface area contributed by atoms with Gasteiger partial charge >= 0.3 is 0 Å². The molecule has 25 heavy (non-hydrogen) atoms. The molecule has 0 radical (unpaired) electrons. The second-order valence-corrected chi connectivity index (χ2v) is 6.80. The molecule has 2 aliphatic rings. The number of methoxy groups -OCH3 is 2. The van der Waals surface area contributed by atoms with E-state index in [1.54, 1.807) is 14.2 Å². The average Bonchev–Trinajstić information content (AvgIpc) is 3.47. The topological polar surface area (TPSA) is 67.5 Å². The third-order valence-electron chi connectivity index (χ3n) is 4.98. The van der Waals surface area contributed by atoms with Gasteiger partial charge in [0, 0.05) is 32.0 Å². The van der Waals surface area contributed by atoms with Crippen molar-refractivity contribution in [3.05, 3.63) is 51.2 Å². The van der Waals surface area contributed by atoms with Crippen molar-refractivity contribution in [3.63, 3.8) is 0 Å². The van der Waals surface area contributed by atoms with Crippen LogP contribution in [0.1, 0.15) is 41.4 Å². The van der Waals surface area contributed by atoms with Gasteiger partial charge in [-0.1, -0.05) is 6.07 Å². The number of H-pyrrole nitrogens is 1. The van der Waals surface area contributed by atoms with Crippen LogP contribution in [0.25, 0.3) is 0 Å². The molecule has 1 aliphatic heterocycles. The van der Waals surface area contributed by atoms with Crippen LogP contribution in [0.3, 0.4) is 0 Å². The number of ether oxygens (including phenoxy) is 2. The second kappa shape index (κ2) is 6.52. The molecule has 1 aliphatic carbocycles. The number of nitrogens with zero attached hydrogens (tertiary/aromatic N) is 2. The van der Waals surface area contributed by atoms with Crippen LogP contribution in [-0.4, -0.2) is 35.6 Å². The van der Waals surface area contributed by atoms with E-state index in [9.17, 15) is 4.79 Å². The summed E-state index contributed by atoms with van der Waals surface area (Å²) >= 11 is 0. The lowest BCUT2D eigenvalue weighted by Crippen LogP contribution is -2.35. The maximum Gasteiger partial charge on any atom is 0.255 e. The molecule has 4 rings (SSSR count). The van der Waals surface area contributed by atoms with Crippen molar-refractivity contribution in [1.82, 2.24) is 14.9 Å². The Morgan fingerprint density at radius 2 is 2.04 bits per heavy atom. The van der Waals surface area contributed by atoms with Gasteiger partial charge in [0.1, 0.15) is 5.82 Å². The molecule has 2 heterocycles. The summed E-state index contributed by atoms with van der Waals surface area (Å²) in [7, 11) is 3.27. The first-order valence-corrected chi connectivity index (χ1v) is 8.73. The van der Waals surface area contributed by atoms with Crippen molar-refractivity contribution < 1.29 is 9.47 Å². The van der Waals surface area contributed by atoms with Gasteiger partial charge in [-0.3, -0.25) is 9.69 Å². The summed E-state index contributed by atoms with van der Waals surface area (Å²) in [5.74, 6) is 2.81. The van der Waals surface area contributed by atoms with Crippen molar-refractivity contribution in [3.8, 4) is 11.5 Å². The van der Waals surface area contributed by atoms with Gasteiger partial charge in [-0.15, -0.1) is 0 Å². The van der Waals surface area contributed by atoms with Gasteiger partial charge in [-0.2, -0.15) is 0 Å². The number of fused-ring (bicyclic) bond motifs is 1. The lowest BCUT2D eigenvalue weighted by Gasteiger charge is -2.28. The minimum Gasteiger partial charge on any atom is -0.493 e. The quantitative estimate of drug-likeness (QED) is 0.903. The van der Waals surface area contributed by atoms with Gasteiger partial charge in [-0.05, 0) is 30.5 Å². The fraction of sp³-hybridized carbons (Fsp3) is 0.474. The minimum absolute atomic E-state index is 0.0314. The zero-order valence-electron chi connectivity index (χ0n) is 14.7. The van der Waals surface area contributed by atoms with Crippen LogP contribution in [0.2, 0.25) is 0 Å². The van der Waals surface area contributed by atoms with E-state index in [1.165, 1.54) is 0 Å². The predicted molar refractivity (Wildman–Crippen MR) is 94.2 cm³/mol. The Morgan fingerprint density at radius 3 is 2.76 bits per heavy atom. The number of rotatable bonds is 5. The summed E-state index contributed by atoms with van der Waals surface area (Å²) in [4.78, 5) is 22.4. The highest BCUT2D eigenvalue weighted by Gasteiger charge is 2.29. The zero-order chi connectivity index (χ0) is 17.4. The van der Waals surface area contributed by atoms with E-state index >= 15 is 0 Å². The van der Waals surface area contributed by atoms with Crippen molar-refractivity contribution in [2.75, 3.05) is 20.8 Å². The van der Waals surface area contributed by atoms with E-state index in [2.05, 4.69) is 9.88 Å². The van der Waals surface area contributed by atoms with Gasteiger partial charge in [0.05, 0.1) is 25.5 Å². The highest BCUT2D eigenvalue weighted by Crippen LogP contribution is 2.38. The van der Waals surface area contributed by atoms with Gasteiger partial charge in [-0.25, -0.2) is 4.98 Å². The van der Waals surface area contributed by atoms with Crippen LogP contribution >= 0.6 is 0 Å². The first-order chi connectivity index (χ1) is 12.2. The first kappa shape index (κ1) is 16.1. The lowest BCUT2D eigenvalue weighted by molar-refractivity contribution is 0.241. The fourth-order valence-electron chi connectivity index (χ4n) is 3.42. The molecule has 0 unspecified atom stereocenters. The molecule has 0 atom stereocenters. The lowest BCUT2D eigenvalue weighted by atomic mass is 10.1. The molecule has 132 valence electrons. The normalized spacial score (nSPS) is 17.2. The fourth-order valence-corrected chi connectivity index (χ4v) is 3.42. The summed E-state index contributed by atoms with van der Waals surface area (Å²) in [6.45, 7) is 2.31. The van der Waals surface area contributed by atoms with Crippen LogP contribution in [0, 0.1) is 0 Å². The van der Waals surface area contributed by atoms with Gasteiger partial charge in [0.25, 0.3) is 5.56 Å². The average molecular weight is 341 g/mol. The summed E-state index contributed by atoms with van der Waals surface area (Å²) in [6, 6.07) is 5.95. The predicted octanol–water partition coefficient (Wildman–Crippen LogP) is 2.22. The summed E-state index contributed by atoms with van der Waals surface area (Å²) in [6.07, 6.45) is 3.12. The van der Waals surface area contributed by atoms with E-state index in [0.29, 0.717) is 12.5 Å². The Balaban J connectivity index is 1.52. The summed E-state index contributed by atoms with van der Waals surface area (Å²) < 4.78 is 10.7. The maximum absolute atomic E-state index is 12.4. The van der Waals surface area contributed by atoms with Crippen molar-refractivity contribution >= 4 is 0 Å². The van der Waals surface area contributed by atoms with Gasteiger partial charge in [0.2, 0.25) is 0 Å². The molecular weight excluding hydrogens is 318 g/mol. The largest absolute Gasteiger partial charge is 0.493 e. The number of aromatic nitrogens is 2. The second-order valence-electron chi connectivity index (χ2n) is 6.80. The van der Waals surface area contributed by atoms with E-state index in [1.807, 2.05) is 18.2 Å². The molecule has 1 N–H and O–H groups in total. The highest BCUT2D eigenvalue weighted by atomic mass is 16.5. The van der Waals surface area contributed by atoms with E-state index < -0.39 is 0 Å². The monoisotopic (exact) mass is 341 g/mol. The SMILES string of the molecule is COc1ccc(CN2CCc3nc(C4CC4)[nH]c(=O)c3C2)cc1OC. The van der Waals surface area contributed by atoms with Crippen LogP contribution in [0.5, 0.6) is 11.5 Å². The van der Waals surface area contributed by atoms with Crippen LogP contribution < -0.4 is 15.0 Å². The number of aromatic amines is 1. The number of nitrogens with one attached hydrogen (secondary N) is 1. The molecule has 1 fully saturated rings. The molecule has 1 saturated carbocycles. The third-order valence-corrected chi connectivity index (χ3v) is 4.98. The summed E-state index contributed by atoms with van der Waals surface area (Å²) in [5.41, 5.74) is 2.97. The van der Waals surface area contributed by atoms with E-state index in [0.717, 1.165) is 66.5 Å². The number of hydrogen-bond donors (Lipinski definition) is 1. The first-order valence-electron chi connectivity index (χ1n) is 8.73. The standard InChI is InChI=1S/C19H23N3O3/c1-24-16-6-3-12(9-17(16)25-2)10-22-8-7-15-14(11-22)19(23)21-18(20-15)13-4-5-13/h3,6,9,13H,4-5,7-8,10-11H2,1-2H3,(H,20,21,23). The molecule has 0 saturated heterocycles. The molecule has 0 amide bonds. The molecule has 1 aromatic carbocycles. The molecule has 0 bridgehead atoms.